The molecular formula is C23H25N3O4. The second-order valence-electron chi connectivity index (χ2n) is 7.02. The van der Waals surface area contributed by atoms with Gasteiger partial charge in [-0.15, -0.1) is 0 Å². The largest absolute Gasteiger partial charge is 0.497 e. The van der Waals surface area contributed by atoms with Crippen LogP contribution in [-0.2, 0) is 16.0 Å². The van der Waals surface area contributed by atoms with Crippen molar-refractivity contribution in [2.45, 2.75) is 27.2 Å². The fraction of sp³-hybridized carbons (Fsp3) is 0.261. The van der Waals surface area contributed by atoms with E-state index < -0.39 is 5.97 Å². The first-order valence-electron chi connectivity index (χ1n) is 9.52. The molecule has 30 heavy (non-hydrogen) atoms. The zero-order valence-corrected chi connectivity index (χ0v) is 17.8. The van der Waals surface area contributed by atoms with Crippen molar-refractivity contribution in [3.05, 3.63) is 75.2 Å². The van der Waals surface area contributed by atoms with Gasteiger partial charge < -0.3 is 9.47 Å². The molecule has 0 bridgehead atoms. The zero-order valence-electron chi connectivity index (χ0n) is 17.8. The zero-order chi connectivity index (χ0) is 21.8. The van der Waals surface area contributed by atoms with Gasteiger partial charge in [-0.2, -0.15) is 0 Å². The highest BCUT2D eigenvalue weighted by Gasteiger charge is 2.20. The van der Waals surface area contributed by atoms with Crippen LogP contribution in [0.5, 0.6) is 5.75 Å². The molecule has 2 aromatic carbocycles. The maximum Gasteiger partial charge on any atom is 0.311 e. The van der Waals surface area contributed by atoms with Crippen molar-refractivity contribution < 1.29 is 14.3 Å². The molecule has 0 atom stereocenters. The molecule has 1 aromatic heterocycles. The lowest BCUT2D eigenvalue weighted by Crippen LogP contribution is -2.20. The van der Waals surface area contributed by atoms with Gasteiger partial charge in [0.1, 0.15) is 5.75 Å². The summed E-state index contributed by atoms with van der Waals surface area (Å²) < 4.78 is 11.4. The van der Waals surface area contributed by atoms with Crippen LogP contribution in [0, 0.1) is 13.8 Å². The summed E-state index contributed by atoms with van der Waals surface area (Å²) in [4.78, 5) is 29.8. The minimum atomic E-state index is -0.446. The Morgan fingerprint density at radius 2 is 1.77 bits per heavy atom. The summed E-state index contributed by atoms with van der Waals surface area (Å²) in [5, 5.41) is 3.04. The molecule has 3 aromatic rings. The van der Waals surface area contributed by atoms with Crippen molar-refractivity contribution >= 4 is 17.4 Å². The smallest absolute Gasteiger partial charge is 0.311 e. The van der Waals surface area contributed by atoms with E-state index in [1.54, 1.807) is 38.3 Å². The van der Waals surface area contributed by atoms with E-state index in [1.165, 1.54) is 17.4 Å². The van der Waals surface area contributed by atoms with Crippen LogP contribution in [0.25, 0.3) is 5.69 Å². The molecule has 3 rings (SSSR count). The third-order valence-electron chi connectivity index (χ3n) is 4.99. The molecule has 1 N–H and O–H groups in total. The van der Waals surface area contributed by atoms with Crippen LogP contribution >= 0.6 is 0 Å². The van der Waals surface area contributed by atoms with Crippen molar-refractivity contribution in [2.75, 3.05) is 14.2 Å². The first-order valence-corrected chi connectivity index (χ1v) is 9.52. The number of aryl methyl sites for hydroxylation is 2. The molecule has 0 saturated heterocycles. The molecule has 1 heterocycles. The average molecular weight is 407 g/mol. The standard InChI is InChI=1S/C23H25N3O4/c1-14-6-7-17(12-15(14)2)24-16(3)22-20(13-21(27)30-5)25-26(23(22)28)18-8-10-19(29-4)11-9-18/h6-12,25H,13H2,1-5H3. The molecular weight excluding hydrogens is 382 g/mol. The number of nitrogens with one attached hydrogen (secondary N) is 1. The summed E-state index contributed by atoms with van der Waals surface area (Å²) in [6, 6.07) is 12.9. The molecule has 0 aliphatic heterocycles. The van der Waals surface area contributed by atoms with E-state index in [1.807, 2.05) is 32.0 Å². The number of aromatic nitrogens is 2. The topological polar surface area (TPSA) is 85.7 Å². The molecule has 7 heteroatoms. The Hall–Kier alpha value is -3.61. The maximum atomic E-state index is 13.2. The van der Waals surface area contributed by atoms with Crippen molar-refractivity contribution in [3.63, 3.8) is 0 Å². The predicted molar refractivity (Wildman–Crippen MR) is 116 cm³/mol. The van der Waals surface area contributed by atoms with Gasteiger partial charge in [-0.25, -0.2) is 4.68 Å². The summed E-state index contributed by atoms with van der Waals surface area (Å²) in [7, 11) is 2.89. The molecule has 0 unspecified atom stereocenters. The van der Waals surface area contributed by atoms with E-state index in [-0.39, 0.29) is 12.0 Å². The van der Waals surface area contributed by atoms with Gasteiger partial charge in [-0.1, -0.05) is 6.07 Å². The first-order chi connectivity index (χ1) is 14.3. The fourth-order valence-corrected chi connectivity index (χ4v) is 3.16. The van der Waals surface area contributed by atoms with E-state index in [9.17, 15) is 9.59 Å². The summed E-state index contributed by atoms with van der Waals surface area (Å²) in [6.07, 6.45) is -0.0655. The van der Waals surface area contributed by atoms with Crippen molar-refractivity contribution in [3.8, 4) is 11.4 Å². The predicted octanol–water partition coefficient (Wildman–Crippen LogP) is 3.65. The number of hydrogen-bond donors (Lipinski definition) is 1. The number of methoxy groups -OCH3 is 2. The SMILES string of the molecule is COC(=O)Cc1[nH]n(-c2ccc(OC)cc2)c(=O)c1C(C)=Nc1ccc(C)c(C)c1. The van der Waals surface area contributed by atoms with E-state index >= 15 is 0 Å². The van der Waals surface area contributed by atoms with Gasteiger partial charge >= 0.3 is 5.97 Å². The van der Waals surface area contributed by atoms with Gasteiger partial charge in [0.2, 0.25) is 0 Å². The molecule has 0 aliphatic carbocycles. The van der Waals surface area contributed by atoms with Crippen LogP contribution < -0.4 is 10.3 Å². The van der Waals surface area contributed by atoms with Gasteiger partial charge in [-0.3, -0.25) is 19.7 Å². The lowest BCUT2D eigenvalue weighted by molar-refractivity contribution is -0.139. The molecule has 0 fully saturated rings. The number of hydrogen-bond acceptors (Lipinski definition) is 5. The van der Waals surface area contributed by atoms with E-state index in [4.69, 9.17) is 9.47 Å². The molecule has 7 nitrogen and oxygen atoms in total. The number of aliphatic imine (C=N–C) groups is 1. The third kappa shape index (κ3) is 4.35. The van der Waals surface area contributed by atoms with E-state index in [0.29, 0.717) is 28.4 Å². The number of aromatic amines is 1. The number of rotatable bonds is 6. The lowest BCUT2D eigenvalue weighted by atomic mass is 10.1. The molecule has 0 amide bonds. The summed E-state index contributed by atoms with van der Waals surface area (Å²) in [5.74, 6) is 0.235. The number of esters is 1. The minimum Gasteiger partial charge on any atom is -0.497 e. The summed E-state index contributed by atoms with van der Waals surface area (Å²) in [6.45, 7) is 5.81. The van der Waals surface area contributed by atoms with Gasteiger partial charge in [-0.05, 0) is 68.3 Å². The van der Waals surface area contributed by atoms with Gasteiger partial charge in [0.05, 0.1) is 49.0 Å². The minimum absolute atomic E-state index is 0.0655. The quantitative estimate of drug-likeness (QED) is 0.499. The highest BCUT2D eigenvalue weighted by atomic mass is 16.5. The Balaban J connectivity index is 2.11. The van der Waals surface area contributed by atoms with Gasteiger partial charge in [0.25, 0.3) is 5.56 Å². The molecule has 0 saturated carbocycles. The average Bonchev–Trinajstić information content (AvgIpc) is 3.06. The Morgan fingerprint density at radius 1 is 1.07 bits per heavy atom. The Bertz CT molecular complexity index is 1150. The number of carbonyl (C=O) groups excluding carboxylic acids is 1. The van der Waals surface area contributed by atoms with E-state index in [2.05, 4.69) is 10.1 Å². The third-order valence-corrected chi connectivity index (χ3v) is 4.99. The maximum absolute atomic E-state index is 13.2. The second kappa shape index (κ2) is 8.82. The van der Waals surface area contributed by atoms with Crippen LogP contribution in [-0.4, -0.2) is 35.7 Å². The van der Waals surface area contributed by atoms with E-state index in [0.717, 1.165) is 11.3 Å². The van der Waals surface area contributed by atoms with Crippen molar-refractivity contribution in [1.82, 2.24) is 9.78 Å². The molecule has 0 aliphatic rings. The van der Waals surface area contributed by atoms with Crippen LogP contribution in [0.2, 0.25) is 0 Å². The van der Waals surface area contributed by atoms with Crippen LogP contribution in [0.4, 0.5) is 5.69 Å². The Labute approximate surface area is 175 Å². The number of carbonyl (C=O) groups is 1. The number of H-pyrrole nitrogens is 1. The molecule has 156 valence electrons. The highest BCUT2D eigenvalue weighted by molar-refractivity contribution is 6.01. The lowest BCUT2D eigenvalue weighted by Gasteiger charge is -2.04. The molecule has 0 radical (unpaired) electrons. The summed E-state index contributed by atoms with van der Waals surface area (Å²) >= 11 is 0. The summed E-state index contributed by atoms with van der Waals surface area (Å²) in [5.41, 5.74) is 4.69. The fourth-order valence-electron chi connectivity index (χ4n) is 3.16. The van der Waals surface area contributed by atoms with Gasteiger partial charge in [0.15, 0.2) is 0 Å². The van der Waals surface area contributed by atoms with Crippen LogP contribution in [0.3, 0.4) is 0 Å². The Kier molecular flexibility index (Phi) is 6.20. The van der Waals surface area contributed by atoms with Crippen LogP contribution in [0.15, 0.2) is 52.3 Å². The monoisotopic (exact) mass is 407 g/mol. The van der Waals surface area contributed by atoms with Gasteiger partial charge in [0, 0.05) is 0 Å². The highest BCUT2D eigenvalue weighted by Crippen LogP contribution is 2.20. The van der Waals surface area contributed by atoms with Crippen molar-refractivity contribution in [2.24, 2.45) is 4.99 Å². The number of ether oxygens (including phenoxy) is 2. The second-order valence-corrected chi connectivity index (χ2v) is 7.02. The number of nitrogens with zero attached hydrogens (tertiary/aromatic N) is 2. The van der Waals surface area contributed by atoms with Crippen LogP contribution in [0.1, 0.15) is 29.3 Å². The van der Waals surface area contributed by atoms with Crippen molar-refractivity contribution in [1.29, 1.82) is 0 Å². The normalized spacial score (nSPS) is 11.4. The number of benzene rings is 2. The Morgan fingerprint density at radius 3 is 2.37 bits per heavy atom. The first kappa shape index (κ1) is 21.1. The molecule has 0 spiro atoms.